The number of carbonyl (C=O) groups is 1. The van der Waals surface area contributed by atoms with Gasteiger partial charge in [0.1, 0.15) is 5.82 Å². The van der Waals surface area contributed by atoms with E-state index in [2.05, 4.69) is 5.32 Å². The Labute approximate surface area is 111 Å². The fourth-order valence-corrected chi connectivity index (χ4v) is 1.85. The third-order valence-corrected chi connectivity index (χ3v) is 3.20. The largest absolute Gasteiger partial charge is 0.396 e. The Morgan fingerprint density at radius 2 is 2.11 bits per heavy atom. The van der Waals surface area contributed by atoms with Crippen molar-refractivity contribution in [2.75, 3.05) is 5.73 Å². The third-order valence-electron chi connectivity index (χ3n) is 3.20. The molecule has 2 rings (SSSR count). The Morgan fingerprint density at radius 1 is 1.37 bits per heavy atom. The van der Waals surface area contributed by atoms with E-state index in [1.807, 2.05) is 30.7 Å². The normalized spacial score (nSPS) is 10.5. The summed E-state index contributed by atoms with van der Waals surface area (Å²) >= 11 is 0. The quantitative estimate of drug-likeness (QED) is 0.830. The summed E-state index contributed by atoms with van der Waals surface area (Å²) < 4.78 is 15.2. The first-order valence-corrected chi connectivity index (χ1v) is 5.94. The minimum atomic E-state index is -0.581. The van der Waals surface area contributed by atoms with Gasteiger partial charge in [0.05, 0.1) is 17.8 Å². The van der Waals surface area contributed by atoms with Gasteiger partial charge >= 0.3 is 0 Å². The second-order valence-corrected chi connectivity index (χ2v) is 4.41. The molecule has 0 atom stereocenters. The number of nitrogens with two attached hydrogens (primary N) is 1. The van der Waals surface area contributed by atoms with Crippen LogP contribution in [0.4, 0.5) is 10.1 Å². The highest BCUT2D eigenvalue weighted by atomic mass is 19.1. The number of aryl methyl sites for hydroxylation is 1. The van der Waals surface area contributed by atoms with Gasteiger partial charge in [-0.15, -0.1) is 0 Å². The fourth-order valence-electron chi connectivity index (χ4n) is 1.85. The minimum absolute atomic E-state index is 0.122. The lowest BCUT2D eigenvalue weighted by Gasteiger charge is -2.09. The van der Waals surface area contributed by atoms with Crippen LogP contribution in [0.1, 0.15) is 21.7 Å². The van der Waals surface area contributed by atoms with Gasteiger partial charge in [0, 0.05) is 18.4 Å². The van der Waals surface area contributed by atoms with Crippen LogP contribution in [0.5, 0.6) is 0 Å². The lowest BCUT2D eigenvalue weighted by molar-refractivity contribution is 0.0950. The number of hydrogen-bond acceptors (Lipinski definition) is 2. The Balaban J connectivity index is 2.10. The first-order chi connectivity index (χ1) is 9.00. The molecule has 1 heterocycles. The maximum absolute atomic E-state index is 13.3. The van der Waals surface area contributed by atoms with E-state index in [9.17, 15) is 9.18 Å². The highest BCUT2D eigenvalue weighted by molar-refractivity contribution is 5.99. The summed E-state index contributed by atoms with van der Waals surface area (Å²) in [4.78, 5) is 11.9. The molecule has 0 spiro atoms. The number of anilines is 1. The second kappa shape index (κ2) is 5.14. The van der Waals surface area contributed by atoms with Gasteiger partial charge in [-0.3, -0.25) is 4.79 Å². The van der Waals surface area contributed by atoms with Crippen LogP contribution in [0.15, 0.2) is 30.3 Å². The highest BCUT2D eigenvalue weighted by Gasteiger charge is 2.12. The molecule has 2 aromatic rings. The molecule has 0 aliphatic rings. The van der Waals surface area contributed by atoms with Crippen LogP contribution in [-0.4, -0.2) is 10.5 Å². The van der Waals surface area contributed by atoms with Crippen molar-refractivity contribution in [1.82, 2.24) is 9.88 Å². The molecular formula is C14H16FN3O. The number of aromatic nitrogens is 1. The maximum Gasteiger partial charge on any atom is 0.253 e. The van der Waals surface area contributed by atoms with Gasteiger partial charge in [-0.1, -0.05) is 6.07 Å². The molecular weight excluding hydrogens is 245 g/mol. The summed E-state index contributed by atoms with van der Waals surface area (Å²) in [5.41, 5.74) is 7.66. The van der Waals surface area contributed by atoms with Gasteiger partial charge in [-0.25, -0.2) is 4.39 Å². The molecule has 1 aromatic carbocycles. The number of halogens is 1. The predicted molar refractivity (Wildman–Crippen MR) is 72.1 cm³/mol. The zero-order valence-corrected chi connectivity index (χ0v) is 10.9. The molecule has 0 fully saturated rings. The van der Waals surface area contributed by atoms with E-state index in [1.165, 1.54) is 18.2 Å². The molecule has 0 aliphatic carbocycles. The average molecular weight is 261 g/mol. The van der Waals surface area contributed by atoms with Gasteiger partial charge < -0.3 is 15.6 Å². The molecule has 0 saturated carbocycles. The van der Waals surface area contributed by atoms with Crippen molar-refractivity contribution >= 4 is 11.6 Å². The van der Waals surface area contributed by atoms with E-state index >= 15 is 0 Å². The average Bonchev–Trinajstić information content (AvgIpc) is 2.70. The number of nitrogens with one attached hydrogen (secondary N) is 1. The summed E-state index contributed by atoms with van der Waals surface area (Å²) in [6, 6.07) is 8.10. The Hall–Kier alpha value is -2.30. The van der Waals surface area contributed by atoms with Gasteiger partial charge in [-0.05, 0) is 31.2 Å². The van der Waals surface area contributed by atoms with Crippen LogP contribution in [0.25, 0.3) is 0 Å². The number of nitrogens with zero attached hydrogens (tertiary/aromatic N) is 1. The number of amides is 1. The topological polar surface area (TPSA) is 60.1 Å². The van der Waals surface area contributed by atoms with E-state index in [1.54, 1.807) is 0 Å². The highest BCUT2D eigenvalue weighted by Crippen LogP contribution is 2.15. The molecule has 0 bridgehead atoms. The molecule has 4 nitrogen and oxygen atoms in total. The Morgan fingerprint density at radius 3 is 2.74 bits per heavy atom. The van der Waals surface area contributed by atoms with E-state index in [0.29, 0.717) is 6.54 Å². The maximum atomic E-state index is 13.3. The molecule has 3 N–H and O–H groups in total. The van der Waals surface area contributed by atoms with E-state index < -0.39 is 5.82 Å². The number of carbonyl (C=O) groups excluding carboxylic acids is 1. The smallest absolute Gasteiger partial charge is 0.253 e. The van der Waals surface area contributed by atoms with E-state index in [0.717, 1.165) is 11.4 Å². The van der Waals surface area contributed by atoms with Gasteiger partial charge in [-0.2, -0.15) is 0 Å². The van der Waals surface area contributed by atoms with Crippen LogP contribution in [-0.2, 0) is 13.6 Å². The molecule has 0 unspecified atom stereocenters. The van der Waals surface area contributed by atoms with Gasteiger partial charge in [0.15, 0.2) is 0 Å². The van der Waals surface area contributed by atoms with E-state index in [-0.39, 0.29) is 17.2 Å². The summed E-state index contributed by atoms with van der Waals surface area (Å²) in [7, 11) is 1.92. The Kier molecular flexibility index (Phi) is 3.55. The summed E-state index contributed by atoms with van der Waals surface area (Å²) in [6.45, 7) is 2.36. The standard InChI is InChI=1S/C14H16FN3O/c1-9-6-7-10(18(9)2)8-17-14(19)11-4-3-5-12(15)13(11)16/h3-7H,8,16H2,1-2H3,(H,17,19). The summed E-state index contributed by atoms with van der Waals surface area (Å²) in [5.74, 6) is -0.960. The van der Waals surface area contributed by atoms with Gasteiger partial charge in [0.2, 0.25) is 0 Å². The van der Waals surface area contributed by atoms with Crippen molar-refractivity contribution in [3.05, 3.63) is 53.1 Å². The van der Waals surface area contributed by atoms with Crippen molar-refractivity contribution in [2.24, 2.45) is 7.05 Å². The lowest BCUT2D eigenvalue weighted by atomic mass is 10.1. The first kappa shape index (κ1) is 13.1. The monoisotopic (exact) mass is 261 g/mol. The van der Waals surface area contributed by atoms with Crippen LogP contribution in [0.2, 0.25) is 0 Å². The molecule has 1 aromatic heterocycles. The van der Waals surface area contributed by atoms with Crippen LogP contribution >= 0.6 is 0 Å². The SMILES string of the molecule is Cc1ccc(CNC(=O)c2cccc(F)c2N)n1C. The van der Waals surface area contributed by atoms with Crippen molar-refractivity contribution in [2.45, 2.75) is 13.5 Å². The van der Waals surface area contributed by atoms with Crippen LogP contribution < -0.4 is 11.1 Å². The zero-order valence-electron chi connectivity index (χ0n) is 10.9. The van der Waals surface area contributed by atoms with Crippen molar-refractivity contribution in [1.29, 1.82) is 0 Å². The summed E-state index contributed by atoms with van der Waals surface area (Å²) in [6.07, 6.45) is 0. The molecule has 100 valence electrons. The van der Waals surface area contributed by atoms with Crippen LogP contribution in [0, 0.1) is 12.7 Å². The number of para-hydroxylation sites is 1. The second-order valence-electron chi connectivity index (χ2n) is 4.41. The molecule has 0 saturated heterocycles. The number of rotatable bonds is 3. The van der Waals surface area contributed by atoms with Gasteiger partial charge in [0.25, 0.3) is 5.91 Å². The molecule has 1 amide bonds. The lowest BCUT2D eigenvalue weighted by Crippen LogP contribution is -2.25. The molecule has 0 radical (unpaired) electrons. The summed E-state index contributed by atoms with van der Waals surface area (Å²) in [5, 5.41) is 2.73. The Bertz CT molecular complexity index is 619. The number of nitrogen functional groups attached to an aromatic ring is 1. The predicted octanol–water partition coefficient (Wildman–Crippen LogP) is 1.98. The first-order valence-electron chi connectivity index (χ1n) is 5.94. The minimum Gasteiger partial charge on any atom is -0.396 e. The van der Waals surface area contributed by atoms with Crippen molar-refractivity contribution in [3.63, 3.8) is 0 Å². The van der Waals surface area contributed by atoms with E-state index in [4.69, 9.17) is 5.73 Å². The van der Waals surface area contributed by atoms with Crippen molar-refractivity contribution in [3.8, 4) is 0 Å². The molecule has 19 heavy (non-hydrogen) atoms. The molecule has 0 aliphatic heterocycles. The molecule has 5 heteroatoms. The third kappa shape index (κ3) is 2.59. The van der Waals surface area contributed by atoms with Crippen LogP contribution in [0.3, 0.4) is 0 Å². The van der Waals surface area contributed by atoms with Crippen molar-refractivity contribution < 1.29 is 9.18 Å². The zero-order chi connectivity index (χ0) is 14.0. The fraction of sp³-hybridized carbons (Fsp3) is 0.214. The number of benzene rings is 1. The number of hydrogen-bond donors (Lipinski definition) is 2.